The van der Waals surface area contributed by atoms with E-state index in [1.54, 1.807) is 0 Å². The molecule has 2 nitrogen and oxygen atoms in total. The Morgan fingerprint density at radius 3 is 2.17 bits per heavy atom. The van der Waals surface area contributed by atoms with Crippen molar-refractivity contribution in [1.82, 2.24) is 0 Å². The first-order chi connectivity index (χ1) is 11.1. The number of hydrogen-bond donors (Lipinski definition) is 0. The van der Waals surface area contributed by atoms with E-state index < -0.39 is 0 Å². The van der Waals surface area contributed by atoms with Crippen LogP contribution in [0.4, 0.5) is 0 Å². The lowest BCUT2D eigenvalue weighted by molar-refractivity contribution is -0.146. The van der Waals surface area contributed by atoms with Crippen LogP contribution in [0.3, 0.4) is 0 Å². The molecule has 1 aromatic rings. The Kier molecular flexibility index (Phi) is 3.96. The van der Waals surface area contributed by atoms with E-state index in [0.29, 0.717) is 5.41 Å². The Bertz CT molecular complexity index is 524. The first-order valence-electron chi connectivity index (χ1n) is 9.15. The molecule has 1 unspecified atom stereocenters. The normalized spacial score (nSPS) is 36.0. The second kappa shape index (κ2) is 5.98. The first kappa shape index (κ1) is 15.3. The highest BCUT2D eigenvalue weighted by Crippen LogP contribution is 2.60. The van der Waals surface area contributed by atoms with Crippen LogP contribution >= 0.6 is 0 Å². The maximum atomic E-state index is 6.14. The molecule has 2 heteroatoms. The molecule has 1 atom stereocenters. The summed E-state index contributed by atoms with van der Waals surface area (Å²) in [5.74, 6) is 3.81. The molecule has 0 saturated heterocycles. The van der Waals surface area contributed by atoms with Crippen molar-refractivity contribution in [3.05, 3.63) is 36.4 Å². The highest BCUT2D eigenvalue weighted by Gasteiger charge is 2.51. The molecule has 0 N–H and O–H groups in total. The van der Waals surface area contributed by atoms with E-state index in [4.69, 9.17) is 9.47 Å². The van der Waals surface area contributed by atoms with Crippen LogP contribution < -0.4 is 4.74 Å². The van der Waals surface area contributed by atoms with Gasteiger partial charge in [-0.1, -0.05) is 24.8 Å². The van der Waals surface area contributed by atoms with Gasteiger partial charge in [0.05, 0.1) is 6.61 Å². The molecular weight excluding hydrogens is 284 g/mol. The minimum Gasteiger partial charge on any atom is -0.465 e. The minimum atomic E-state index is -0.183. The molecule has 5 rings (SSSR count). The van der Waals surface area contributed by atoms with Gasteiger partial charge in [0.2, 0.25) is 0 Å². The first-order valence-corrected chi connectivity index (χ1v) is 9.15. The zero-order valence-corrected chi connectivity index (χ0v) is 14.2. The van der Waals surface area contributed by atoms with Gasteiger partial charge in [-0.3, -0.25) is 0 Å². The van der Waals surface area contributed by atoms with Crippen molar-refractivity contribution in [2.24, 2.45) is 23.2 Å². The van der Waals surface area contributed by atoms with Gasteiger partial charge in [-0.05, 0) is 86.3 Å². The monoisotopic (exact) mass is 312 g/mol. The molecule has 4 fully saturated rings. The van der Waals surface area contributed by atoms with E-state index in [0.717, 1.165) is 35.7 Å². The molecule has 0 spiro atoms. The molecule has 4 saturated carbocycles. The standard InChI is InChI=1S/C21H28O2/c1-3-16-4-6-20(7-5-16)23-15(2)22-14-21-11-17-8-18(12-21)10-19(9-17)13-21/h3-7,15,17-19H,1,8-14H2,2H3. The molecule has 23 heavy (non-hydrogen) atoms. The van der Waals surface area contributed by atoms with Crippen molar-refractivity contribution >= 4 is 6.08 Å². The summed E-state index contributed by atoms with van der Waals surface area (Å²) in [6, 6.07) is 8.02. The van der Waals surface area contributed by atoms with Gasteiger partial charge in [0, 0.05) is 0 Å². The van der Waals surface area contributed by atoms with Gasteiger partial charge in [-0.15, -0.1) is 0 Å². The van der Waals surface area contributed by atoms with Crippen LogP contribution in [-0.2, 0) is 4.74 Å². The van der Waals surface area contributed by atoms with Crippen LogP contribution in [0.5, 0.6) is 5.75 Å². The summed E-state index contributed by atoms with van der Waals surface area (Å²) in [5, 5.41) is 0. The Hall–Kier alpha value is -1.28. The third-order valence-electron chi connectivity index (χ3n) is 6.21. The molecule has 124 valence electrons. The summed E-state index contributed by atoms with van der Waals surface area (Å²) in [5.41, 5.74) is 1.57. The molecule has 0 heterocycles. The van der Waals surface area contributed by atoms with Gasteiger partial charge < -0.3 is 9.47 Å². The zero-order chi connectivity index (χ0) is 15.9. The van der Waals surface area contributed by atoms with E-state index in [1.165, 1.54) is 38.5 Å². The van der Waals surface area contributed by atoms with Crippen molar-refractivity contribution in [2.75, 3.05) is 6.61 Å². The molecule has 4 aliphatic carbocycles. The third-order valence-corrected chi connectivity index (χ3v) is 6.21. The predicted molar refractivity (Wildman–Crippen MR) is 93.2 cm³/mol. The third kappa shape index (κ3) is 3.19. The van der Waals surface area contributed by atoms with Crippen LogP contribution in [0.15, 0.2) is 30.8 Å². The van der Waals surface area contributed by atoms with Gasteiger partial charge >= 0.3 is 0 Å². The summed E-state index contributed by atoms with van der Waals surface area (Å²) in [6.07, 6.45) is 10.3. The maximum Gasteiger partial charge on any atom is 0.196 e. The molecule has 1 aromatic carbocycles. The summed E-state index contributed by atoms with van der Waals surface area (Å²) in [6.45, 7) is 6.67. The minimum absolute atomic E-state index is 0.183. The number of benzene rings is 1. The van der Waals surface area contributed by atoms with Crippen LogP contribution in [-0.4, -0.2) is 12.9 Å². The largest absolute Gasteiger partial charge is 0.465 e. The van der Waals surface area contributed by atoms with Crippen molar-refractivity contribution < 1.29 is 9.47 Å². The van der Waals surface area contributed by atoms with Gasteiger partial charge in [-0.2, -0.15) is 0 Å². The molecule has 0 aromatic heterocycles. The van der Waals surface area contributed by atoms with E-state index >= 15 is 0 Å². The molecule has 0 amide bonds. The number of ether oxygens (including phenoxy) is 2. The summed E-state index contributed by atoms with van der Waals surface area (Å²) >= 11 is 0. The van der Waals surface area contributed by atoms with Gasteiger partial charge in [0.15, 0.2) is 6.29 Å². The Labute approximate surface area is 139 Å². The van der Waals surface area contributed by atoms with Gasteiger partial charge in [-0.25, -0.2) is 0 Å². The van der Waals surface area contributed by atoms with Crippen LogP contribution in [0.25, 0.3) is 6.08 Å². The quantitative estimate of drug-likeness (QED) is 0.665. The molecule has 4 bridgehead atoms. The molecule has 0 radical (unpaired) electrons. The Morgan fingerprint density at radius 1 is 1.09 bits per heavy atom. The van der Waals surface area contributed by atoms with Gasteiger partial charge in [0.25, 0.3) is 0 Å². The fourth-order valence-corrected chi connectivity index (χ4v) is 5.67. The van der Waals surface area contributed by atoms with Crippen LogP contribution in [0.1, 0.15) is 51.0 Å². The summed E-state index contributed by atoms with van der Waals surface area (Å²) in [4.78, 5) is 0. The summed E-state index contributed by atoms with van der Waals surface area (Å²) < 4.78 is 12.1. The number of hydrogen-bond acceptors (Lipinski definition) is 2. The number of rotatable bonds is 6. The van der Waals surface area contributed by atoms with Crippen molar-refractivity contribution in [1.29, 1.82) is 0 Å². The second-order valence-electron chi connectivity index (χ2n) is 8.19. The highest BCUT2D eigenvalue weighted by molar-refractivity contribution is 5.48. The Balaban J connectivity index is 1.32. The predicted octanol–water partition coefficient (Wildman–Crippen LogP) is 5.29. The summed E-state index contributed by atoms with van der Waals surface area (Å²) in [7, 11) is 0. The fourth-order valence-electron chi connectivity index (χ4n) is 5.67. The van der Waals surface area contributed by atoms with E-state index in [9.17, 15) is 0 Å². The smallest absolute Gasteiger partial charge is 0.196 e. The van der Waals surface area contributed by atoms with Crippen molar-refractivity contribution in [3.8, 4) is 5.75 Å². The molecular formula is C21H28O2. The lowest BCUT2D eigenvalue weighted by Crippen LogP contribution is -2.48. The zero-order valence-electron chi connectivity index (χ0n) is 14.2. The van der Waals surface area contributed by atoms with E-state index in [2.05, 4.69) is 6.58 Å². The SMILES string of the molecule is C=Cc1ccc(OC(C)OCC23CC4CC(CC(C4)C2)C3)cc1. The van der Waals surface area contributed by atoms with Crippen LogP contribution in [0.2, 0.25) is 0 Å². The average Bonchev–Trinajstić information content (AvgIpc) is 2.53. The van der Waals surface area contributed by atoms with Crippen molar-refractivity contribution in [3.63, 3.8) is 0 Å². The van der Waals surface area contributed by atoms with E-state index in [1.807, 2.05) is 37.3 Å². The lowest BCUT2D eigenvalue weighted by atomic mass is 9.50. The maximum absolute atomic E-state index is 6.14. The average molecular weight is 312 g/mol. The molecule has 0 aliphatic heterocycles. The van der Waals surface area contributed by atoms with E-state index in [-0.39, 0.29) is 6.29 Å². The Morgan fingerprint density at radius 2 is 1.65 bits per heavy atom. The topological polar surface area (TPSA) is 18.5 Å². The van der Waals surface area contributed by atoms with Crippen molar-refractivity contribution in [2.45, 2.75) is 51.7 Å². The van der Waals surface area contributed by atoms with Gasteiger partial charge in [0.1, 0.15) is 5.75 Å². The van der Waals surface area contributed by atoms with Crippen LogP contribution in [0, 0.1) is 23.2 Å². The highest BCUT2D eigenvalue weighted by atomic mass is 16.7. The molecule has 4 aliphatic rings. The second-order valence-corrected chi connectivity index (χ2v) is 8.19. The fraction of sp³-hybridized carbons (Fsp3) is 0.619. The lowest BCUT2D eigenvalue weighted by Gasteiger charge is -2.56.